The highest BCUT2D eigenvalue weighted by Crippen LogP contribution is 2.27. The Hall–Kier alpha value is -2.58. The molecule has 0 atom stereocenters. The molecule has 10 heteroatoms. The monoisotopic (exact) mass is 353 g/mol. The first-order valence-electron chi connectivity index (χ1n) is 7.02. The van der Waals surface area contributed by atoms with Gasteiger partial charge in [-0.1, -0.05) is 25.0 Å². The van der Waals surface area contributed by atoms with Gasteiger partial charge in [-0.2, -0.15) is 8.42 Å². The molecule has 1 aromatic carbocycles. The summed E-state index contributed by atoms with van der Waals surface area (Å²) in [6, 6.07) is 4.82. The van der Waals surface area contributed by atoms with Crippen molar-refractivity contribution in [2.24, 2.45) is 12.2 Å². The quantitative estimate of drug-likeness (QED) is 0.343. The van der Waals surface area contributed by atoms with Gasteiger partial charge in [0.15, 0.2) is 0 Å². The van der Waals surface area contributed by atoms with Gasteiger partial charge in [-0.25, -0.2) is 9.37 Å². The molecule has 8 nitrogen and oxygen atoms in total. The van der Waals surface area contributed by atoms with E-state index < -0.39 is 15.9 Å². The Morgan fingerprint density at radius 3 is 2.75 bits per heavy atom. The molecule has 1 aromatic heterocycles. The van der Waals surface area contributed by atoms with Gasteiger partial charge in [0.1, 0.15) is 17.4 Å². The second kappa shape index (κ2) is 6.90. The number of hydrogen-bond acceptors (Lipinski definition) is 5. The molecule has 0 fully saturated rings. The van der Waals surface area contributed by atoms with Crippen molar-refractivity contribution in [3.05, 3.63) is 52.0 Å². The highest BCUT2D eigenvalue weighted by atomic mass is 32.2. The molecule has 0 bridgehead atoms. The summed E-state index contributed by atoms with van der Waals surface area (Å²) < 4.78 is 44.9. The third-order valence-corrected chi connectivity index (χ3v) is 4.45. The summed E-state index contributed by atoms with van der Waals surface area (Å²) in [7, 11) is -2.64. The van der Waals surface area contributed by atoms with Crippen LogP contribution in [0.1, 0.15) is 31.3 Å². The first-order valence-corrected chi connectivity index (χ1v) is 8.43. The fourth-order valence-corrected chi connectivity index (χ4v) is 3.55. The molecule has 0 radical (unpaired) electrons. The summed E-state index contributed by atoms with van der Waals surface area (Å²) in [4.78, 5) is 6.69. The first kappa shape index (κ1) is 17.8. The number of nitrogens with zero attached hydrogens (tertiary/aromatic N) is 5. The number of benzene rings is 1. The lowest BCUT2D eigenvalue weighted by atomic mass is 10.1. The van der Waals surface area contributed by atoms with E-state index in [1.54, 1.807) is 25.5 Å². The van der Waals surface area contributed by atoms with Crippen LogP contribution in [0.25, 0.3) is 10.4 Å². The predicted molar refractivity (Wildman–Crippen MR) is 84.4 cm³/mol. The Balaban J connectivity index is 2.50. The van der Waals surface area contributed by atoms with Crippen LogP contribution < -0.4 is 4.18 Å². The summed E-state index contributed by atoms with van der Waals surface area (Å²) in [5.41, 5.74) is 8.84. The first-order chi connectivity index (χ1) is 11.3. The van der Waals surface area contributed by atoms with E-state index in [9.17, 15) is 12.8 Å². The zero-order valence-corrected chi connectivity index (χ0v) is 14.2. The van der Waals surface area contributed by atoms with Gasteiger partial charge in [0, 0.05) is 18.0 Å². The van der Waals surface area contributed by atoms with E-state index in [1.165, 1.54) is 18.2 Å². The van der Waals surface area contributed by atoms with Crippen molar-refractivity contribution < 1.29 is 17.0 Å². The molecular weight excluding hydrogens is 337 g/mol. The van der Waals surface area contributed by atoms with Crippen molar-refractivity contribution in [2.45, 2.75) is 31.3 Å². The molecule has 0 saturated carbocycles. The molecule has 1 heterocycles. The van der Waals surface area contributed by atoms with Crippen molar-refractivity contribution in [3.8, 4) is 5.75 Å². The van der Waals surface area contributed by atoms with Gasteiger partial charge >= 0.3 is 10.1 Å². The highest BCUT2D eigenvalue weighted by molar-refractivity contribution is 7.87. The summed E-state index contributed by atoms with van der Waals surface area (Å²) in [5, 5.41) is 3.14. The standard InChI is InChI=1S/C14H16FN5O3S/c1-9(2)13-14(18-12(20(13)3)8-17-19-16)24(21,22)23-11-6-4-5-10(15)7-11/h4-7,9H,8H2,1-3H3. The van der Waals surface area contributed by atoms with Crippen molar-refractivity contribution in [1.82, 2.24) is 9.55 Å². The van der Waals surface area contributed by atoms with Gasteiger partial charge in [0.2, 0.25) is 5.03 Å². The zero-order valence-electron chi connectivity index (χ0n) is 13.3. The molecule has 0 aliphatic heterocycles. The number of azide groups is 1. The number of aromatic nitrogens is 2. The van der Waals surface area contributed by atoms with Gasteiger partial charge in [0.05, 0.1) is 12.2 Å². The average Bonchev–Trinajstić information content (AvgIpc) is 2.82. The summed E-state index contributed by atoms with van der Waals surface area (Å²) >= 11 is 0. The molecule has 0 aliphatic carbocycles. The number of rotatable bonds is 6. The molecule has 24 heavy (non-hydrogen) atoms. The van der Waals surface area contributed by atoms with Crippen LogP contribution in [-0.4, -0.2) is 18.0 Å². The second-order valence-corrected chi connectivity index (χ2v) is 6.78. The Morgan fingerprint density at radius 1 is 1.46 bits per heavy atom. The summed E-state index contributed by atoms with van der Waals surface area (Å²) in [5.74, 6) is -0.648. The molecule has 0 unspecified atom stereocenters. The highest BCUT2D eigenvalue weighted by Gasteiger charge is 2.29. The van der Waals surface area contributed by atoms with Crippen LogP contribution in [0.2, 0.25) is 0 Å². The molecule has 0 amide bonds. The maximum atomic E-state index is 13.2. The normalized spacial score (nSPS) is 11.4. The van der Waals surface area contributed by atoms with Gasteiger partial charge < -0.3 is 8.75 Å². The fraction of sp³-hybridized carbons (Fsp3) is 0.357. The third-order valence-electron chi connectivity index (χ3n) is 3.26. The van der Waals surface area contributed by atoms with E-state index in [0.717, 1.165) is 6.07 Å². The summed E-state index contributed by atoms with van der Waals surface area (Å²) in [6.07, 6.45) is 0. The van der Waals surface area contributed by atoms with E-state index in [1.807, 2.05) is 0 Å². The lowest BCUT2D eigenvalue weighted by Crippen LogP contribution is -2.14. The van der Waals surface area contributed by atoms with Gasteiger partial charge in [-0.15, -0.1) is 0 Å². The maximum Gasteiger partial charge on any atom is 0.358 e. The minimum Gasteiger partial charge on any atom is -0.378 e. The molecule has 2 aromatic rings. The van der Waals surface area contributed by atoms with E-state index in [-0.39, 0.29) is 29.1 Å². The minimum absolute atomic E-state index is 0.0950. The smallest absolute Gasteiger partial charge is 0.358 e. The van der Waals surface area contributed by atoms with Crippen molar-refractivity contribution in [2.75, 3.05) is 0 Å². The van der Waals surface area contributed by atoms with Crippen LogP contribution in [0, 0.1) is 5.82 Å². The molecule has 0 spiro atoms. The number of hydrogen-bond donors (Lipinski definition) is 0. The van der Waals surface area contributed by atoms with Gasteiger partial charge in [-0.05, 0) is 23.6 Å². The van der Waals surface area contributed by atoms with Gasteiger partial charge in [0.25, 0.3) is 0 Å². The predicted octanol–water partition coefficient (Wildman–Crippen LogP) is 3.26. The van der Waals surface area contributed by atoms with Crippen molar-refractivity contribution >= 4 is 10.1 Å². The van der Waals surface area contributed by atoms with Crippen LogP contribution >= 0.6 is 0 Å². The third kappa shape index (κ3) is 3.66. The summed E-state index contributed by atoms with van der Waals surface area (Å²) in [6.45, 7) is 3.51. The Bertz CT molecular complexity index is 901. The molecule has 128 valence electrons. The Labute approximate surface area is 138 Å². The Kier molecular flexibility index (Phi) is 5.10. The van der Waals surface area contributed by atoms with Crippen LogP contribution in [0.5, 0.6) is 5.75 Å². The molecular formula is C14H16FN5O3S. The van der Waals surface area contributed by atoms with E-state index >= 15 is 0 Å². The topological polar surface area (TPSA) is 110 Å². The average molecular weight is 353 g/mol. The van der Waals surface area contributed by atoms with Crippen molar-refractivity contribution in [3.63, 3.8) is 0 Å². The maximum absolute atomic E-state index is 13.2. The number of halogens is 1. The zero-order chi connectivity index (χ0) is 17.9. The van der Waals surface area contributed by atoms with Crippen molar-refractivity contribution in [1.29, 1.82) is 0 Å². The van der Waals surface area contributed by atoms with E-state index in [0.29, 0.717) is 5.69 Å². The molecule has 0 saturated heterocycles. The lowest BCUT2D eigenvalue weighted by Gasteiger charge is -2.11. The van der Waals surface area contributed by atoms with Gasteiger partial charge in [-0.3, -0.25) is 0 Å². The SMILES string of the molecule is CC(C)c1c(S(=O)(=O)Oc2cccc(F)c2)nc(CN=[N+]=[N-])n1C. The lowest BCUT2D eigenvalue weighted by molar-refractivity contribution is 0.477. The second-order valence-electron chi connectivity index (χ2n) is 5.32. The van der Waals surface area contributed by atoms with E-state index in [4.69, 9.17) is 9.71 Å². The number of imidazole rings is 1. The van der Waals surface area contributed by atoms with Crippen LogP contribution in [0.3, 0.4) is 0 Å². The fourth-order valence-electron chi connectivity index (χ4n) is 2.27. The molecule has 2 rings (SSSR count). The molecule has 0 aliphatic rings. The van der Waals surface area contributed by atoms with Crippen LogP contribution in [-0.2, 0) is 23.7 Å². The van der Waals surface area contributed by atoms with Crippen LogP contribution in [0.4, 0.5) is 4.39 Å². The largest absolute Gasteiger partial charge is 0.378 e. The van der Waals surface area contributed by atoms with E-state index in [2.05, 4.69) is 15.0 Å². The molecule has 0 N–H and O–H groups in total. The minimum atomic E-state index is -4.27. The van der Waals surface area contributed by atoms with Crippen LogP contribution in [0.15, 0.2) is 34.4 Å². The Morgan fingerprint density at radius 2 is 2.17 bits per heavy atom.